The van der Waals surface area contributed by atoms with E-state index in [1.54, 1.807) is 12.1 Å². The van der Waals surface area contributed by atoms with Gasteiger partial charge in [-0.05, 0) is 37.1 Å². The molecule has 0 unspecified atom stereocenters. The molecule has 8 heteroatoms. The van der Waals surface area contributed by atoms with Gasteiger partial charge in [-0.15, -0.1) is 0 Å². The molecule has 1 saturated carbocycles. The van der Waals surface area contributed by atoms with Crippen molar-refractivity contribution in [3.63, 3.8) is 0 Å². The molecule has 1 aliphatic rings. The zero-order valence-electron chi connectivity index (χ0n) is 13.4. The number of hydrogen-bond acceptors (Lipinski definition) is 3. The van der Waals surface area contributed by atoms with Gasteiger partial charge in [0.15, 0.2) is 0 Å². The maximum absolute atomic E-state index is 12.4. The Balaban J connectivity index is 1.91. The van der Waals surface area contributed by atoms with E-state index >= 15 is 0 Å². The average molecular weight is 417 g/mol. The van der Waals surface area contributed by atoms with E-state index in [0.29, 0.717) is 10.0 Å². The summed E-state index contributed by atoms with van der Waals surface area (Å²) in [5, 5.41) is 0. The minimum atomic E-state index is -2.96. The molecule has 136 valence electrons. The largest absolute Gasteiger partial charge is 0.434 e. The van der Waals surface area contributed by atoms with Gasteiger partial charge in [-0.25, -0.2) is 0 Å². The van der Waals surface area contributed by atoms with Crippen LogP contribution >= 0.6 is 15.9 Å². The number of carbonyl (C=O) groups excluding carboxylic acids is 2. The summed E-state index contributed by atoms with van der Waals surface area (Å²) in [6.45, 7) is -2.96. The Kier molecular flexibility index (Phi) is 7.36. The maximum atomic E-state index is 12.4. The molecule has 0 aliphatic heterocycles. The molecular weight excluding hydrogens is 398 g/mol. The lowest BCUT2D eigenvalue weighted by Crippen LogP contribution is -2.44. The van der Waals surface area contributed by atoms with Crippen molar-refractivity contribution in [1.29, 1.82) is 0 Å². The molecular formula is C17H19BrF2N2O3. The second kappa shape index (κ2) is 9.50. The Morgan fingerprint density at radius 3 is 2.60 bits per heavy atom. The van der Waals surface area contributed by atoms with Crippen molar-refractivity contribution >= 4 is 33.8 Å². The van der Waals surface area contributed by atoms with E-state index in [-0.39, 0.29) is 17.6 Å². The molecule has 0 heterocycles. The van der Waals surface area contributed by atoms with Crippen LogP contribution in [-0.2, 0) is 9.59 Å². The quantitative estimate of drug-likeness (QED) is 0.566. The van der Waals surface area contributed by atoms with Crippen LogP contribution in [0.1, 0.15) is 37.7 Å². The van der Waals surface area contributed by atoms with Crippen LogP contribution < -0.4 is 15.6 Å². The molecule has 5 nitrogen and oxygen atoms in total. The predicted molar refractivity (Wildman–Crippen MR) is 92.7 cm³/mol. The summed E-state index contributed by atoms with van der Waals surface area (Å²) >= 11 is 3.23. The fraction of sp³-hybridized carbons (Fsp3) is 0.412. The summed E-state index contributed by atoms with van der Waals surface area (Å²) in [5.41, 5.74) is 5.00. The first-order valence-corrected chi connectivity index (χ1v) is 8.77. The van der Waals surface area contributed by atoms with Crippen molar-refractivity contribution in [2.24, 2.45) is 5.92 Å². The molecule has 1 fully saturated rings. The number of benzene rings is 1. The second-order valence-corrected chi connectivity index (χ2v) is 6.62. The first-order valence-electron chi connectivity index (χ1n) is 7.98. The molecule has 0 atom stereocenters. The predicted octanol–water partition coefficient (Wildman–Crippen LogP) is 3.79. The van der Waals surface area contributed by atoms with E-state index in [0.717, 1.165) is 38.2 Å². The fourth-order valence-corrected chi connectivity index (χ4v) is 3.03. The number of rotatable bonds is 5. The summed E-state index contributed by atoms with van der Waals surface area (Å²) in [4.78, 5) is 23.7. The molecule has 1 aliphatic carbocycles. The topological polar surface area (TPSA) is 67.4 Å². The van der Waals surface area contributed by atoms with Gasteiger partial charge in [-0.2, -0.15) is 8.78 Å². The third kappa shape index (κ3) is 6.45. The van der Waals surface area contributed by atoms with E-state index in [4.69, 9.17) is 0 Å². The third-order valence-corrected chi connectivity index (χ3v) is 4.38. The maximum Gasteiger partial charge on any atom is 0.387 e. The molecule has 1 aromatic carbocycles. The van der Waals surface area contributed by atoms with Crippen LogP contribution in [0.5, 0.6) is 5.75 Å². The number of carbonyl (C=O) groups is 2. The van der Waals surface area contributed by atoms with Gasteiger partial charge in [0.25, 0.3) is 5.91 Å². The highest BCUT2D eigenvalue weighted by atomic mass is 79.9. The van der Waals surface area contributed by atoms with E-state index < -0.39 is 12.5 Å². The first-order chi connectivity index (χ1) is 12.0. The Morgan fingerprint density at radius 1 is 1.20 bits per heavy atom. The number of halogens is 3. The highest BCUT2D eigenvalue weighted by Crippen LogP contribution is 2.26. The Morgan fingerprint density at radius 2 is 1.92 bits per heavy atom. The van der Waals surface area contributed by atoms with Gasteiger partial charge in [0, 0.05) is 22.0 Å². The Bertz CT molecular complexity index is 647. The van der Waals surface area contributed by atoms with Crippen molar-refractivity contribution in [1.82, 2.24) is 10.9 Å². The van der Waals surface area contributed by atoms with E-state index in [2.05, 4.69) is 31.5 Å². The standard InChI is InChI=1S/C17H19BrF2N2O3/c18-13-7-8-14(25-17(19)20)12(10-13)6-9-15(23)21-22-16(24)11-4-2-1-3-5-11/h6-11,17H,1-5H2,(H,21,23)(H,22,24)/b9-6+. The second-order valence-electron chi connectivity index (χ2n) is 5.71. The zero-order chi connectivity index (χ0) is 18.2. The van der Waals surface area contributed by atoms with Crippen LogP contribution in [0.3, 0.4) is 0 Å². The zero-order valence-corrected chi connectivity index (χ0v) is 15.0. The van der Waals surface area contributed by atoms with Crippen LogP contribution in [-0.4, -0.2) is 18.4 Å². The van der Waals surface area contributed by atoms with Crippen molar-refractivity contribution in [3.8, 4) is 5.75 Å². The number of alkyl halides is 2. The minimum absolute atomic E-state index is 0.0477. The molecule has 2 N–H and O–H groups in total. The highest BCUT2D eigenvalue weighted by Gasteiger charge is 2.21. The monoisotopic (exact) mass is 416 g/mol. The lowest BCUT2D eigenvalue weighted by atomic mass is 9.89. The Labute approximate surface area is 152 Å². The molecule has 1 aromatic rings. The smallest absolute Gasteiger partial charge is 0.387 e. The van der Waals surface area contributed by atoms with Crippen LogP contribution in [0, 0.1) is 5.92 Å². The molecule has 2 amide bonds. The SMILES string of the molecule is O=C(/C=C/c1cc(Br)ccc1OC(F)F)NNC(=O)C1CCCCC1. The molecule has 0 saturated heterocycles. The van der Waals surface area contributed by atoms with Gasteiger partial charge in [-0.1, -0.05) is 35.2 Å². The Hall–Kier alpha value is -1.96. The number of hydrogen-bond donors (Lipinski definition) is 2. The molecule has 25 heavy (non-hydrogen) atoms. The van der Waals surface area contributed by atoms with E-state index in [1.807, 2.05) is 0 Å². The molecule has 0 bridgehead atoms. The lowest BCUT2D eigenvalue weighted by molar-refractivity contribution is -0.130. The van der Waals surface area contributed by atoms with Crippen molar-refractivity contribution in [3.05, 3.63) is 34.3 Å². The van der Waals surface area contributed by atoms with Gasteiger partial charge >= 0.3 is 6.61 Å². The van der Waals surface area contributed by atoms with Crippen molar-refractivity contribution < 1.29 is 23.1 Å². The first kappa shape index (κ1) is 19.4. The minimum Gasteiger partial charge on any atom is -0.434 e. The van der Waals surface area contributed by atoms with Gasteiger partial charge in [0.1, 0.15) is 5.75 Å². The molecule has 0 aromatic heterocycles. The highest BCUT2D eigenvalue weighted by molar-refractivity contribution is 9.10. The van der Waals surface area contributed by atoms with Crippen LogP contribution in [0.25, 0.3) is 6.08 Å². The number of nitrogens with one attached hydrogen (secondary N) is 2. The van der Waals surface area contributed by atoms with Crippen LogP contribution in [0.4, 0.5) is 8.78 Å². The fourth-order valence-electron chi connectivity index (χ4n) is 2.65. The van der Waals surface area contributed by atoms with Gasteiger partial charge in [0.2, 0.25) is 5.91 Å². The molecule has 2 rings (SSSR count). The molecule has 0 spiro atoms. The summed E-state index contributed by atoms with van der Waals surface area (Å²) in [7, 11) is 0. The summed E-state index contributed by atoms with van der Waals surface area (Å²) in [5.74, 6) is -0.889. The molecule has 0 radical (unpaired) electrons. The van der Waals surface area contributed by atoms with E-state index in [9.17, 15) is 18.4 Å². The van der Waals surface area contributed by atoms with E-state index in [1.165, 1.54) is 12.1 Å². The number of ether oxygens (including phenoxy) is 1. The van der Waals surface area contributed by atoms with Gasteiger partial charge in [-0.3, -0.25) is 20.4 Å². The third-order valence-electron chi connectivity index (χ3n) is 3.89. The lowest BCUT2D eigenvalue weighted by Gasteiger charge is -2.20. The van der Waals surface area contributed by atoms with Crippen LogP contribution in [0.2, 0.25) is 0 Å². The number of amides is 2. The van der Waals surface area contributed by atoms with Crippen LogP contribution in [0.15, 0.2) is 28.7 Å². The normalized spacial score (nSPS) is 15.4. The summed E-state index contributed by atoms with van der Waals surface area (Å²) in [6.07, 6.45) is 7.29. The number of hydrazine groups is 1. The van der Waals surface area contributed by atoms with Gasteiger partial charge in [0.05, 0.1) is 0 Å². The van der Waals surface area contributed by atoms with Crippen molar-refractivity contribution in [2.45, 2.75) is 38.7 Å². The van der Waals surface area contributed by atoms with Crippen molar-refractivity contribution in [2.75, 3.05) is 0 Å². The summed E-state index contributed by atoms with van der Waals surface area (Å²) in [6, 6.07) is 4.47. The summed E-state index contributed by atoms with van der Waals surface area (Å²) < 4.78 is 29.9. The average Bonchev–Trinajstić information content (AvgIpc) is 2.60. The van der Waals surface area contributed by atoms with Gasteiger partial charge < -0.3 is 4.74 Å².